The predicted molar refractivity (Wildman–Crippen MR) is 51.6 cm³/mol. The number of carbonyl (C=O) groups excluding carboxylic acids is 1. The zero-order chi connectivity index (χ0) is 9.52. The van der Waals surface area contributed by atoms with Crippen molar-refractivity contribution in [3.63, 3.8) is 0 Å². The Morgan fingerprint density at radius 1 is 1.92 bits per heavy atom. The SMILES string of the molecule is CCO/N=C(\C=O)C1=CSCCO1. The number of aldehydes is 1. The minimum absolute atomic E-state index is 0.217. The molecule has 4 nitrogen and oxygen atoms in total. The lowest BCUT2D eigenvalue weighted by atomic mass is 10.3. The molecule has 0 aromatic heterocycles. The minimum atomic E-state index is 0.217. The van der Waals surface area contributed by atoms with Crippen molar-refractivity contribution < 1.29 is 14.4 Å². The first kappa shape index (κ1) is 10.1. The lowest BCUT2D eigenvalue weighted by Crippen LogP contribution is -2.13. The molecule has 0 unspecified atom stereocenters. The molecule has 0 spiro atoms. The van der Waals surface area contributed by atoms with Gasteiger partial charge in [-0.15, -0.1) is 11.8 Å². The Morgan fingerprint density at radius 2 is 2.77 bits per heavy atom. The minimum Gasteiger partial charge on any atom is -0.490 e. The number of hydrogen-bond acceptors (Lipinski definition) is 5. The topological polar surface area (TPSA) is 47.9 Å². The van der Waals surface area contributed by atoms with Gasteiger partial charge in [0.2, 0.25) is 0 Å². The number of hydrogen-bond donors (Lipinski definition) is 0. The highest BCUT2D eigenvalue weighted by Gasteiger charge is 2.11. The molecular formula is C8H11NO3S. The van der Waals surface area contributed by atoms with E-state index in [1.165, 1.54) is 0 Å². The van der Waals surface area contributed by atoms with Gasteiger partial charge in [0.1, 0.15) is 6.61 Å². The standard InChI is InChI=1S/C8H11NO3S/c1-2-12-9-7(5-10)8-6-13-4-3-11-8/h5-6H,2-4H2,1H3/b9-7+. The fourth-order valence-electron chi connectivity index (χ4n) is 0.761. The molecule has 0 aliphatic carbocycles. The van der Waals surface area contributed by atoms with Crippen LogP contribution in [0.3, 0.4) is 0 Å². The van der Waals surface area contributed by atoms with Crippen LogP contribution in [0.2, 0.25) is 0 Å². The van der Waals surface area contributed by atoms with Gasteiger partial charge >= 0.3 is 0 Å². The summed E-state index contributed by atoms with van der Waals surface area (Å²) in [6.45, 7) is 2.85. The van der Waals surface area contributed by atoms with E-state index >= 15 is 0 Å². The largest absolute Gasteiger partial charge is 0.490 e. The van der Waals surface area contributed by atoms with Crippen molar-refractivity contribution >= 4 is 23.8 Å². The molecule has 5 heteroatoms. The van der Waals surface area contributed by atoms with Crippen LogP contribution in [0.4, 0.5) is 0 Å². The van der Waals surface area contributed by atoms with E-state index in [2.05, 4.69) is 5.16 Å². The molecule has 0 atom stereocenters. The second kappa shape index (κ2) is 5.64. The summed E-state index contributed by atoms with van der Waals surface area (Å²) in [6, 6.07) is 0. The first-order valence-corrected chi connectivity index (χ1v) is 5.03. The summed E-state index contributed by atoms with van der Waals surface area (Å²) in [5, 5.41) is 5.40. The van der Waals surface area contributed by atoms with Crippen molar-refractivity contribution in [3.8, 4) is 0 Å². The lowest BCUT2D eigenvalue weighted by Gasteiger charge is -2.12. The van der Waals surface area contributed by atoms with Crippen LogP contribution in [0, 0.1) is 0 Å². The highest BCUT2D eigenvalue weighted by atomic mass is 32.2. The number of allylic oxidation sites excluding steroid dienone is 1. The third-order valence-corrected chi connectivity index (χ3v) is 2.09. The molecule has 0 bridgehead atoms. The Balaban J connectivity index is 2.64. The van der Waals surface area contributed by atoms with Gasteiger partial charge in [-0.05, 0) is 6.92 Å². The first-order valence-electron chi connectivity index (χ1n) is 3.98. The number of ether oxygens (including phenoxy) is 1. The Morgan fingerprint density at radius 3 is 3.31 bits per heavy atom. The maximum absolute atomic E-state index is 10.6. The maximum atomic E-state index is 10.6. The average Bonchev–Trinajstić information content (AvgIpc) is 2.21. The van der Waals surface area contributed by atoms with E-state index in [-0.39, 0.29) is 5.71 Å². The van der Waals surface area contributed by atoms with Crippen LogP contribution in [0.25, 0.3) is 0 Å². The third kappa shape index (κ3) is 3.10. The van der Waals surface area contributed by atoms with Crippen LogP contribution in [0.1, 0.15) is 6.92 Å². The monoisotopic (exact) mass is 201 g/mol. The third-order valence-electron chi connectivity index (χ3n) is 1.31. The van der Waals surface area contributed by atoms with E-state index in [1.54, 1.807) is 24.1 Å². The van der Waals surface area contributed by atoms with E-state index < -0.39 is 0 Å². The zero-order valence-electron chi connectivity index (χ0n) is 7.36. The van der Waals surface area contributed by atoms with Crippen LogP contribution in [0.15, 0.2) is 16.3 Å². The number of nitrogens with zero attached hydrogens (tertiary/aromatic N) is 1. The highest BCUT2D eigenvalue weighted by Crippen LogP contribution is 2.15. The number of thioether (sulfide) groups is 1. The Labute approximate surface area is 81.0 Å². The molecule has 1 heterocycles. The fourth-order valence-corrected chi connectivity index (χ4v) is 1.40. The van der Waals surface area contributed by atoms with Crippen molar-refractivity contribution in [2.75, 3.05) is 19.0 Å². The number of carbonyl (C=O) groups is 1. The second-order valence-electron chi connectivity index (χ2n) is 2.21. The van der Waals surface area contributed by atoms with E-state index in [1.807, 2.05) is 0 Å². The quantitative estimate of drug-likeness (QED) is 0.389. The molecule has 1 aliphatic heterocycles. The van der Waals surface area contributed by atoms with Gasteiger partial charge in [-0.3, -0.25) is 4.79 Å². The van der Waals surface area contributed by atoms with Gasteiger partial charge in [0.15, 0.2) is 17.8 Å². The Kier molecular flexibility index (Phi) is 4.39. The second-order valence-corrected chi connectivity index (χ2v) is 3.19. The summed E-state index contributed by atoms with van der Waals surface area (Å²) in [7, 11) is 0. The van der Waals surface area contributed by atoms with E-state index in [0.717, 1.165) is 5.75 Å². The molecule has 0 saturated carbocycles. The summed E-state index contributed by atoms with van der Waals surface area (Å²) in [6.07, 6.45) is 0.632. The molecule has 13 heavy (non-hydrogen) atoms. The predicted octanol–water partition coefficient (Wildman–Crippen LogP) is 1.18. The normalized spacial score (nSPS) is 17.3. The van der Waals surface area contributed by atoms with Crippen LogP contribution in [-0.4, -0.2) is 31.0 Å². The van der Waals surface area contributed by atoms with Crippen molar-refractivity contribution in [1.29, 1.82) is 0 Å². The van der Waals surface area contributed by atoms with Gasteiger partial charge in [-0.1, -0.05) is 5.16 Å². The van der Waals surface area contributed by atoms with Crippen molar-refractivity contribution in [1.82, 2.24) is 0 Å². The molecular weight excluding hydrogens is 190 g/mol. The van der Waals surface area contributed by atoms with E-state index in [4.69, 9.17) is 9.57 Å². The van der Waals surface area contributed by atoms with Crippen molar-refractivity contribution in [2.45, 2.75) is 6.92 Å². The maximum Gasteiger partial charge on any atom is 0.184 e. The fraction of sp³-hybridized carbons (Fsp3) is 0.500. The first-order chi connectivity index (χ1) is 6.38. The molecule has 1 aliphatic rings. The van der Waals surface area contributed by atoms with Gasteiger partial charge in [-0.25, -0.2) is 0 Å². The Bertz CT molecular complexity index is 238. The summed E-state index contributed by atoms with van der Waals surface area (Å²) in [5.41, 5.74) is 0.217. The van der Waals surface area contributed by atoms with E-state index in [0.29, 0.717) is 25.3 Å². The van der Waals surface area contributed by atoms with Gasteiger partial charge in [0.05, 0.1) is 6.61 Å². The lowest BCUT2D eigenvalue weighted by molar-refractivity contribution is -0.103. The molecule has 0 N–H and O–H groups in total. The molecule has 1 rings (SSSR count). The highest BCUT2D eigenvalue weighted by molar-refractivity contribution is 8.02. The van der Waals surface area contributed by atoms with Crippen LogP contribution in [-0.2, 0) is 14.4 Å². The van der Waals surface area contributed by atoms with Gasteiger partial charge < -0.3 is 9.57 Å². The molecule has 0 aromatic carbocycles. The van der Waals surface area contributed by atoms with Crippen LogP contribution in [0.5, 0.6) is 0 Å². The van der Waals surface area contributed by atoms with Gasteiger partial charge in [0, 0.05) is 11.2 Å². The van der Waals surface area contributed by atoms with Crippen LogP contribution < -0.4 is 0 Å². The average molecular weight is 201 g/mol. The Hall–Kier alpha value is -0.970. The van der Waals surface area contributed by atoms with Gasteiger partial charge in [-0.2, -0.15) is 0 Å². The van der Waals surface area contributed by atoms with Crippen molar-refractivity contribution in [2.24, 2.45) is 5.16 Å². The molecule has 0 radical (unpaired) electrons. The van der Waals surface area contributed by atoms with Gasteiger partial charge in [0.25, 0.3) is 0 Å². The molecule has 0 fully saturated rings. The summed E-state index contributed by atoms with van der Waals surface area (Å²) in [4.78, 5) is 15.3. The summed E-state index contributed by atoms with van der Waals surface area (Å²) >= 11 is 1.60. The van der Waals surface area contributed by atoms with Crippen molar-refractivity contribution in [3.05, 3.63) is 11.2 Å². The summed E-state index contributed by atoms with van der Waals surface area (Å²) in [5.74, 6) is 1.41. The zero-order valence-corrected chi connectivity index (χ0v) is 8.17. The smallest absolute Gasteiger partial charge is 0.184 e. The van der Waals surface area contributed by atoms with Crippen LogP contribution >= 0.6 is 11.8 Å². The molecule has 0 amide bonds. The summed E-state index contributed by atoms with van der Waals surface area (Å²) < 4.78 is 5.23. The molecule has 0 aromatic rings. The number of oxime groups is 1. The molecule has 72 valence electrons. The molecule has 0 saturated heterocycles. The van der Waals surface area contributed by atoms with E-state index in [9.17, 15) is 4.79 Å². The number of rotatable bonds is 4.